The normalized spacial score (nSPS) is 19.7. The number of hydrogen-bond donors (Lipinski definition) is 0. The lowest BCUT2D eigenvalue weighted by atomic mass is 9.83. The molecule has 1 atom stereocenters. The number of carbonyl (C=O) groups excluding carboxylic acids is 2. The van der Waals surface area contributed by atoms with E-state index in [4.69, 9.17) is 16.3 Å². The quantitative estimate of drug-likeness (QED) is 0.746. The second-order valence-electron chi connectivity index (χ2n) is 6.40. The smallest absolute Gasteiger partial charge is 0.336 e. The van der Waals surface area contributed by atoms with Crippen LogP contribution in [0.2, 0.25) is 5.02 Å². The number of amides is 1. The molecule has 0 aromatic heterocycles. The van der Waals surface area contributed by atoms with Crippen LogP contribution in [0.5, 0.6) is 0 Å². The van der Waals surface area contributed by atoms with Gasteiger partial charge in [0.1, 0.15) is 12.4 Å². The van der Waals surface area contributed by atoms with Crippen molar-refractivity contribution in [3.8, 4) is 0 Å². The van der Waals surface area contributed by atoms with Crippen molar-refractivity contribution in [2.45, 2.75) is 19.3 Å². The third-order valence-corrected chi connectivity index (χ3v) is 5.05. The van der Waals surface area contributed by atoms with Crippen LogP contribution in [-0.2, 0) is 14.3 Å². The molecule has 0 saturated heterocycles. The van der Waals surface area contributed by atoms with Crippen molar-refractivity contribution < 1.29 is 18.7 Å². The number of anilines is 1. The van der Waals surface area contributed by atoms with Gasteiger partial charge in [-0.05, 0) is 36.8 Å². The van der Waals surface area contributed by atoms with E-state index in [1.807, 2.05) is 25.1 Å². The van der Waals surface area contributed by atoms with E-state index in [9.17, 15) is 14.0 Å². The highest BCUT2D eigenvalue weighted by molar-refractivity contribution is 6.31. The molecular weight excluding hydrogens is 357 g/mol. The minimum atomic E-state index is -0.748. The Kier molecular flexibility index (Phi) is 4.04. The van der Waals surface area contributed by atoms with E-state index in [1.54, 1.807) is 12.1 Å². The zero-order valence-corrected chi connectivity index (χ0v) is 14.7. The highest BCUT2D eigenvalue weighted by Crippen LogP contribution is 2.44. The highest BCUT2D eigenvalue weighted by atomic mass is 35.5. The molecule has 2 aromatic rings. The predicted molar refractivity (Wildman–Crippen MR) is 95.4 cm³/mol. The second-order valence-corrected chi connectivity index (χ2v) is 6.80. The molecular formula is C20H15ClFNO3. The van der Waals surface area contributed by atoms with Crippen LogP contribution in [-0.4, -0.2) is 18.5 Å². The Bertz CT molecular complexity index is 949. The molecule has 0 radical (unpaired) electrons. The molecule has 0 aliphatic carbocycles. The molecule has 26 heavy (non-hydrogen) atoms. The maximum absolute atomic E-state index is 14.4. The molecule has 2 aliphatic rings. The van der Waals surface area contributed by atoms with Crippen LogP contribution in [0.4, 0.5) is 10.1 Å². The highest BCUT2D eigenvalue weighted by Gasteiger charge is 2.44. The number of carbonyl (C=O) groups is 2. The molecule has 132 valence electrons. The fourth-order valence-corrected chi connectivity index (χ4v) is 3.91. The summed E-state index contributed by atoms with van der Waals surface area (Å²) in [4.78, 5) is 26.8. The summed E-state index contributed by atoms with van der Waals surface area (Å²) in [6, 6.07) is 11.8. The Morgan fingerprint density at radius 3 is 2.69 bits per heavy atom. The Labute approximate surface area is 154 Å². The van der Waals surface area contributed by atoms with Gasteiger partial charge in [0.25, 0.3) is 0 Å². The number of benzene rings is 2. The number of ether oxygens (including phenoxy) is 1. The van der Waals surface area contributed by atoms with Gasteiger partial charge in [0.2, 0.25) is 5.91 Å². The van der Waals surface area contributed by atoms with E-state index in [0.717, 1.165) is 5.56 Å². The Balaban J connectivity index is 1.89. The van der Waals surface area contributed by atoms with Crippen molar-refractivity contribution in [2.75, 3.05) is 11.5 Å². The van der Waals surface area contributed by atoms with Crippen LogP contribution in [0.25, 0.3) is 0 Å². The van der Waals surface area contributed by atoms with Gasteiger partial charge in [-0.2, -0.15) is 0 Å². The molecule has 2 aliphatic heterocycles. The van der Waals surface area contributed by atoms with Gasteiger partial charge >= 0.3 is 5.97 Å². The van der Waals surface area contributed by atoms with Crippen LogP contribution < -0.4 is 4.90 Å². The second kappa shape index (κ2) is 6.25. The molecule has 4 rings (SSSR count). The predicted octanol–water partition coefficient (Wildman–Crippen LogP) is 4.12. The monoisotopic (exact) mass is 371 g/mol. The first-order valence-electron chi connectivity index (χ1n) is 8.21. The molecule has 0 saturated carbocycles. The first kappa shape index (κ1) is 16.8. The van der Waals surface area contributed by atoms with E-state index in [-0.39, 0.29) is 29.5 Å². The summed E-state index contributed by atoms with van der Waals surface area (Å²) in [5, 5.41) is 0.193. The average Bonchev–Trinajstić information content (AvgIpc) is 2.96. The minimum absolute atomic E-state index is 0.0174. The fraction of sp³-hybridized carbons (Fsp3) is 0.200. The van der Waals surface area contributed by atoms with Gasteiger partial charge in [0, 0.05) is 28.6 Å². The number of hydrogen-bond acceptors (Lipinski definition) is 3. The van der Waals surface area contributed by atoms with Crippen molar-refractivity contribution in [3.05, 3.63) is 75.7 Å². The van der Waals surface area contributed by atoms with Crippen molar-refractivity contribution in [3.63, 3.8) is 0 Å². The first-order valence-corrected chi connectivity index (χ1v) is 8.59. The van der Waals surface area contributed by atoms with E-state index >= 15 is 0 Å². The van der Waals surface area contributed by atoms with Gasteiger partial charge in [-0.15, -0.1) is 0 Å². The Morgan fingerprint density at radius 1 is 1.19 bits per heavy atom. The summed E-state index contributed by atoms with van der Waals surface area (Å²) in [6.45, 7) is 1.90. The van der Waals surface area contributed by atoms with Crippen molar-refractivity contribution in [2.24, 2.45) is 0 Å². The molecule has 4 nitrogen and oxygen atoms in total. The minimum Gasteiger partial charge on any atom is -0.456 e. The zero-order valence-electron chi connectivity index (χ0n) is 14.0. The van der Waals surface area contributed by atoms with Gasteiger partial charge in [0.05, 0.1) is 11.3 Å². The summed E-state index contributed by atoms with van der Waals surface area (Å²) in [5.74, 6) is -2.04. The molecule has 0 N–H and O–H groups in total. The molecule has 0 bridgehead atoms. The van der Waals surface area contributed by atoms with Gasteiger partial charge in [-0.25, -0.2) is 9.18 Å². The first-order chi connectivity index (χ1) is 12.5. The third kappa shape index (κ3) is 2.59. The van der Waals surface area contributed by atoms with E-state index in [1.165, 1.54) is 17.0 Å². The molecule has 2 aromatic carbocycles. The molecule has 0 spiro atoms. The van der Waals surface area contributed by atoms with Crippen LogP contribution in [0.15, 0.2) is 53.7 Å². The van der Waals surface area contributed by atoms with E-state index in [0.29, 0.717) is 17.0 Å². The SMILES string of the molecule is Cc1cccc(N2C(=O)C[C@H](c3c(F)cccc3Cl)C3=C2COC3=O)c1. The summed E-state index contributed by atoms with van der Waals surface area (Å²) in [6.07, 6.45) is -0.0530. The van der Waals surface area contributed by atoms with Crippen LogP contribution in [0, 0.1) is 12.7 Å². The Hall–Kier alpha value is -2.66. The largest absolute Gasteiger partial charge is 0.456 e. The molecule has 0 unspecified atom stereocenters. The maximum Gasteiger partial charge on any atom is 0.336 e. The van der Waals surface area contributed by atoms with Crippen molar-refractivity contribution in [1.29, 1.82) is 0 Å². The number of halogens is 2. The molecule has 1 amide bonds. The number of rotatable bonds is 2. The van der Waals surface area contributed by atoms with Gasteiger partial charge in [0.15, 0.2) is 0 Å². The number of esters is 1. The number of nitrogens with zero attached hydrogens (tertiary/aromatic N) is 1. The van der Waals surface area contributed by atoms with Crippen molar-refractivity contribution in [1.82, 2.24) is 0 Å². The summed E-state index contributed by atoms with van der Waals surface area (Å²) < 4.78 is 19.6. The van der Waals surface area contributed by atoms with Crippen molar-refractivity contribution >= 4 is 29.2 Å². The van der Waals surface area contributed by atoms with E-state index < -0.39 is 17.7 Å². The van der Waals surface area contributed by atoms with Crippen LogP contribution >= 0.6 is 11.6 Å². The maximum atomic E-state index is 14.4. The average molecular weight is 372 g/mol. The third-order valence-electron chi connectivity index (χ3n) is 4.73. The number of cyclic esters (lactones) is 1. The topological polar surface area (TPSA) is 46.6 Å². The molecule has 2 heterocycles. The standard InChI is InChI=1S/C20H15ClFNO3/c1-11-4-2-5-12(8-11)23-16-10-26-20(25)19(16)13(9-17(23)24)18-14(21)6-3-7-15(18)22/h2-8,13H,9-10H2,1H3/t13-/m1/s1. The molecule has 0 fully saturated rings. The van der Waals surface area contributed by atoms with Gasteiger partial charge in [-0.3, -0.25) is 9.69 Å². The van der Waals surface area contributed by atoms with Crippen LogP contribution in [0.1, 0.15) is 23.5 Å². The summed E-state index contributed by atoms with van der Waals surface area (Å²) in [7, 11) is 0. The number of aryl methyl sites for hydroxylation is 1. The lowest BCUT2D eigenvalue weighted by Gasteiger charge is -2.32. The zero-order chi connectivity index (χ0) is 18.4. The lowest BCUT2D eigenvalue weighted by molar-refractivity contribution is -0.136. The Morgan fingerprint density at radius 2 is 1.96 bits per heavy atom. The summed E-state index contributed by atoms with van der Waals surface area (Å²) in [5.41, 5.74) is 2.58. The summed E-state index contributed by atoms with van der Waals surface area (Å²) >= 11 is 6.18. The lowest BCUT2D eigenvalue weighted by Crippen LogP contribution is -2.37. The van der Waals surface area contributed by atoms with Crippen LogP contribution in [0.3, 0.4) is 0 Å². The molecule has 6 heteroatoms. The van der Waals surface area contributed by atoms with E-state index in [2.05, 4.69) is 0 Å². The van der Waals surface area contributed by atoms with Gasteiger partial charge in [-0.1, -0.05) is 29.8 Å². The van der Waals surface area contributed by atoms with Gasteiger partial charge < -0.3 is 4.74 Å². The fourth-order valence-electron chi connectivity index (χ4n) is 3.61.